The number of carbonyl (C=O) groups is 1. The van der Waals surface area contributed by atoms with Crippen LogP contribution in [0.15, 0.2) is 48.5 Å². The van der Waals surface area contributed by atoms with Gasteiger partial charge in [-0.15, -0.1) is 0 Å². The van der Waals surface area contributed by atoms with Gasteiger partial charge in [0.2, 0.25) is 0 Å². The molecule has 0 bridgehead atoms. The molecular formula is C19H22N2O2. The molecule has 1 aliphatic rings. The van der Waals surface area contributed by atoms with E-state index < -0.39 is 5.97 Å². The third kappa shape index (κ3) is 4.17. The Labute approximate surface area is 136 Å². The van der Waals surface area contributed by atoms with Gasteiger partial charge in [-0.2, -0.15) is 0 Å². The highest BCUT2D eigenvalue weighted by Gasteiger charge is 2.27. The summed E-state index contributed by atoms with van der Waals surface area (Å²) in [5, 5.41) is 8.83. The van der Waals surface area contributed by atoms with E-state index in [-0.39, 0.29) is 6.42 Å². The number of aromatic nitrogens is 1. The highest BCUT2D eigenvalue weighted by molar-refractivity contribution is 5.66. The predicted octanol–water partition coefficient (Wildman–Crippen LogP) is 3.44. The number of nitrogens with zero attached hydrogens (tertiary/aromatic N) is 2. The van der Waals surface area contributed by atoms with E-state index in [0.717, 1.165) is 30.9 Å². The fourth-order valence-corrected chi connectivity index (χ4v) is 3.23. The topological polar surface area (TPSA) is 53.4 Å². The molecule has 23 heavy (non-hydrogen) atoms. The van der Waals surface area contributed by atoms with E-state index in [2.05, 4.69) is 35.2 Å². The summed E-state index contributed by atoms with van der Waals surface area (Å²) < 4.78 is 0. The van der Waals surface area contributed by atoms with Crippen LogP contribution in [0.5, 0.6) is 0 Å². The van der Waals surface area contributed by atoms with Gasteiger partial charge in [0.05, 0.1) is 18.2 Å². The molecule has 1 aliphatic heterocycles. The third-order valence-corrected chi connectivity index (χ3v) is 4.36. The van der Waals surface area contributed by atoms with Gasteiger partial charge >= 0.3 is 5.97 Å². The number of benzene rings is 1. The molecule has 3 rings (SSSR count). The van der Waals surface area contributed by atoms with Crippen molar-refractivity contribution in [3.8, 4) is 0 Å². The van der Waals surface area contributed by atoms with E-state index in [0.29, 0.717) is 12.5 Å². The highest BCUT2D eigenvalue weighted by Crippen LogP contribution is 2.32. The maximum Gasteiger partial charge on any atom is 0.303 e. The summed E-state index contributed by atoms with van der Waals surface area (Å²) in [6, 6.07) is 16.8. The molecule has 1 aromatic carbocycles. The summed E-state index contributed by atoms with van der Waals surface area (Å²) >= 11 is 0. The summed E-state index contributed by atoms with van der Waals surface area (Å²) in [6.45, 7) is 2.02. The third-order valence-electron chi connectivity index (χ3n) is 4.36. The molecule has 4 nitrogen and oxygen atoms in total. The van der Waals surface area contributed by atoms with Crippen LogP contribution in [-0.4, -0.2) is 27.5 Å². The molecule has 2 heterocycles. The minimum absolute atomic E-state index is 0.134. The largest absolute Gasteiger partial charge is 0.481 e. The molecule has 1 aromatic heterocycles. The standard InChI is InChI=1S/C19H22N2O2/c22-19(23)12-11-16-8-4-9-17(20-16)18-10-5-13-21(18)14-15-6-2-1-3-7-15/h1-4,6-9,18H,5,10-14H2,(H,22,23)/t18-/m0/s1. The number of hydrogen-bond donors (Lipinski definition) is 1. The quantitative estimate of drug-likeness (QED) is 0.888. The smallest absolute Gasteiger partial charge is 0.303 e. The Morgan fingerprint density at radius 2 is 2.00 bits per heavy atom. The first-order chi connectivity index (χ1) is 11.2. The van der Waals surface area contributed by atoms with E-state index in [4.69, 9.17) is 10.1 Å². The van der Waals surface area contributed by atoms with Crippen LogP contribution in [0.2, 0.25) is 0 Å². The van der Waals surface area contributed by atoms with Crippen molar-refractivity contribution < 1.29 is 9.90 Å². The Kier molecular flexibility index (Phi) is 5.03. The average molecular weight is 310 g/mol. The van der Waals surface area contributed by atoms with Crippen LogP contribution in [0.1, 0.15) is 42.3 Å². The predicted molar refractivity (Wildman–Crippen MR) is 89.0 cm³/mol. The first-order valence-electron chi connectivity index (χ1n) is 8.18. The first kappa shape index (κ1) is 15.7. The first-order valence-corrected chi connectivity index (χ1v) is 8.18. The van der Waals surface area contributed by atoms with Crippen molar-refractivity contribution >= 4 is 5.97 Å². The van der Waals surface area contributed by atoms with Gasteiger partial charge in [0.25, 0.3) is 0 Å². The van der Waals surface area contributed by atoms with Crippen molar-refractivity contribution in [2.24, 2.45) is 0 Å². The maximum absolute atomic E-state index is 10.7. The molecule has 0 saturated carbocycles. The zero-order chi connectivity index (χ0) is 16.1. The number of aliphatic carboxylic acids is 1. The molecule has 0 aliphatic carbocycles. The molecule has 1 saturated heterocycles. The fourth-order valence-electron chi connectivity index (χ4n) is 3.23. The highest BCUT2D eigenvalue weighted by atomic mass is 16.4. The molecule has 1 N–H and O–H groups in total. The van der Waals surface area contributed by atoms with E-state index in [1.807, 2.05) is 18.2 Å². The second kappa shape index (κ2) is 7.38. The number of aryl methyl sites for hydroxylation is 1. The normalized spacial score (nSPS) is 18.2. The van der Waals surface area contributed by atoms with Crippen molar-refractivity contribution in [1.82, 2.24) is 9.88 Å². The van der Waals surface area contributed by atoms with Crippen LogP contribution < -0.4 is 0 Å². The fraction of sp³-hybridized carbons (Fsp3) is 0.368. The summed E-state index contributed by atoms with van der Waals surface area (Å²) in [5.74, 6) is -0.774. The Bertz CT molecular complexity index is 657. The van der Waals surface area contributed by atoms with Crippen molar-refractivity contribution in [3.05, 3.63) is 65.5 Å². The maximum atomic E-state index is 10.7. The monoisotopic (exact) mass is 310 g/mol. The molecule has 1 atom stereocenters. The van der Waals surface area contributed by atoms with Crippen molar-refractivity contribution in [1.29, 1.82) is 0 Å². The van der Waals surface area contributed by atoms with Crippen LogP contribution >= 0.6 is 0 Å². The van der Waals surface area contributed by atoms with Crippen LogP contribution in [0.4, 0.5) is 0 Å². The lowest BCUT2D eigenvalue weighted by Gasteiger charge is -2.24. The van der Waals surface area contributed by atoms with Crippen molar-refractivity contribution in [2.45, 2.75) is 38.3 Å². The molecule has 0 spiro atoms. The molecule has 0 unspecified atom stereocenters. The molecule has 0 radical (unpaired) electrons. The number of hydrogen-bond acceptors (Lipinski definition) is 3. The second-order valence-electron chi connectivity index (χ2n) is 6.06. The average Bonchev–Trinajstić information content (AvgIpc) is 3.02. The lowest BCUT2D eigenvalue weighted by Crippen LogP contribution is -2.23. The second-order valence-corrected chi connectivity index (χ2v) is 6.06. The Morgan fingerprint density at radius 3 is 2.78 bits per heavy atom. The van der Waals surface area contributed by atoms with Crippen LogP contribution in [-0.2, 0) is 17.8 Å². The molecular weight excluding hydrogens is 288 g/mol. The molecule has 120 valence electrons. The minimum atomic E-state index is -0.774. The number of likely N-dealkylation sites (tertiary alicyclic amines) is 1. The van der Waals surface area contributed by atoms with Gasteiger partial charge in [0.1, 0.15) is 0 Å². The summed E-state index contributed by atoms with van der Waals surface area (Å²) in [7, 11) is 0. The van der Waals surface area contributed by atoms with Crippen molar-refractivity contribution in [2.75, 3.05) is 6.54 Å². The van der Waals surface area contributed by atoms with E-state index in [9.17, 15) is 4.79 Å². The zero-order valence-electron chi connectivity index (χ0n) is 13.2. The van der Waals surface area contributed by atoms with Gasteiger partial charge in [-0.05, 0) is 37.1 Å². The van der Waals surface area contributed by atoms with E-state index >= 15 is 0 Å². The van der Waals surface area contributed by atoms with Crippen LogP contribution in [0.25, 0.3) is 0 Å². The van der Waals surface area contributed by atoms with E-state index in [1.165, 1.54) is 12.0 Å². The lowest BCUT2D eigenvalue weighted by atomic mass is 10.1. The Hall–Kier alpha value is -2.20. The lowest BCUT2D eigenvalue weighted by molar-refractivity contribution is -0.136. The molecule has 1 fully saturated rings. The SMILES string of the molecule is O=C(O)CCc1cccc([C@@H]2CCCN2Cc2ccccc2)n1. The van der Waals surface area contributed by atoms with Gasteiger partial charge in [-0.3, -0.25) is 14.7 Å². The number of rotatable bonds is 6. The van der Waals surface area contributed by atoms with Gasteiger partial charge in [-0.1, -0.05) is 36.4 Å². The van der Waals surface area contributed by atoms with E-state index in [1.54, 1.807) is 0 Å². The van der Waals surface area contributed by atoms with Gasteiger partial charge in [0.15, 0.2) is 0 Å². The molecule has 4 heteroatoms. The molecule has 2 aromatic rings. The van der Waals surface area contributed by atoms with Gasteiger partial charge in [0, 0.05) is 18.7 Å². The number of carboxylic acids is 1. The Morgan fingerprint density at radius 1 is 1.17 bits per heavy atom. The minimum Gasteiger partial charge on any atom is -0.481 e. The van der Waals surface area contributed by atoms with Crippen molar-refractivity contribution in [3.63, 3.8) is 0 Å². The number of carboxylic acid groups (broad SMARTS) is 1. The zero-order valence-corrected chi connectivity index (χ0v) is 13.2. The summed E-state index contributed by atoms with van der Waals surface area (Å²) in [5.41, 5.74) is 3.26. The van der Waals surface area contributed by atoms with Crippen LogP contribution in [0.3, 0.4) is 0 Å². The van der Waals surface area contributed by atoms with Crippen LogP contribution in [0, 0.1) is 0 Å². The number of pyridine rings is 1. The van der Waals surface area contributed by atoms with Gasteiger partial charge < -0.3 is 5.11 Å². The Balaban J connectivity index is 1.72. The summed E-state index contributed by atoms with van der Waals surface area (Å²) in [4.78, 5) is 17.9. The molecule has 0 amide bonds. The summed E-state index contributed by atoms with van der Waals surface area (Å²) in [6.07, 6.45) is 2.92. The van der Waals surface area contributed by atoms with Gasteiger partial charge in [-0.25, -0.2) is 0 Å².